The van der Waals surface area contributed by atoms with E-state index in [-0.39, 0.29) is 30.2 Å². The highest BCUT2D eigenvalue weighted by molar-refractivity contribution is 6.61. The highest BCUT2D eigenvalue weighted by Crippen LogP contribution is 2.16. The molecule has 0 aromatic heterocycles. The number of nitrogens with one attached hydrogen (secondary N) is 1. The predicted molar refractivity (Wildman–Crippen MR) is 101 cm³/mol. The van der Waals surface area contributed by atoms with E-state index in [9.17, 15) is 19.0 Å². The topological polar surface area (TPSA) is 84.9 Å². The first kappa shape index (κ1) is 20.0. The minimum atomic E-state index is -1.40. The van der Waals surface area contributed by atoms with Crippen LogP contribution in [0.25, 0.3) is 0 Å². The van der Waals surface area contributed by atoms with Crippen molar-refractivity contribution in [2.24, 2.45) is 5.92 Å². The van der Waals surface area contributed by atoms with Crippen LogP contribution in [0.4, 0.5) is 4.39 Å². The maximum absolute atomic E-state index is 14.7. The fraction of sp³-hybridized carbons (Fsp3) is 0.300. The van der Waals surface area contributed by atoms with Crippen LogP contribution < -0.4 is 10.8 Å². The minimum Gasteiger partial charge on any atom is -0.459 e. The molecule has 6 nitrogen and oxygen atoms in total. The molecule has 8 heteroatoms. The van der Waals surface area contributed by atoms with Gasteiger partial charge >= 0.3 is 13.1 Å². The van der Waals surface area contributed by atoms with Crippen LogP contribution in [0.15, 0.2) is 42.5 Å². The van der Waals surface area contributed by atoms with Crippen molar-refractivity contribution in [1.29, 1.82) is 0 Å². The predicted octanol–water partition coefficient (Wildman–Crippen LogP) is 1.54. The standard InChI is InChI=1S/C20H21BFNO5/c1-12(2)18(20(25)27-10-13-6-4-3-5-7-13)23-19(24)15-9-8-14-11-28-21(26)16(14)17(15)22/h3-9,12,18,26H,10-11H2,1-2H3,(H,23,24)/t18-/m0/s1. The molecule has 0 aliphatic carbocycles. The Hall–Kier alpha value is -2.71. The lowest BCUT2D eigenvalue weighted by atomic mass is 9.78. The number of ether oxygens (including phenoxy) is 1. The van der Waals surface area contributed by atoms with E-state index in [0.717, 1.165) is 5.56 Å². The van der Waals surface area contributed by atoms with Gasteiger partial charge in [0.2, 0.25) is 0 Å². The normalized spacial score (nSPS) is 14.0. The van der Waals surface area contributed by atoms with Gasteiger partial charge in [0.1, 0.15) is 18.5 Å². The summed E-state index contributed by atoms with van der Waals surface area (Å²) >= 11 is 0. The van der Waals surface area contributed by atoms with Crippen LogP contribution in [0.1, 0.15) is 35.3 Å². The summed E-state index contributed by atoms with van der Waals surface area (Å²) in [5.41, 5.74) is 1.01. The number of rotatable bonds is 6. The van der Waals surface area contributed by atoms with Gasteiger partial charge in [0.25, 0.3) is 5.91 Å². The number of carbonyl (C=O) groups is 2. The van der Waals surface area contributed by atoms with E-state index >= 15 is 0 Å². The number of benzene rings is 2. The lowest BCUT2D eigenvalue weighted by Crippen LogP contribution is -2.46. The summed E-state index contributed by atoms with van der Waals surface area (Å²) in [5.74, 6) is -2.47. The third kappa shape index (κ3) is 4.23. The Balaban J connectivity index is 1.71. The van der Waals surface area contributed by atoms with Gasteiger partial charge in [0, 0.05) is 5.46 Å². The molecular formula is C20H21BFNO5. The number of fused-ring (bicyclic) bond motifs is 1. The average Bonchev–Trinajstić information content (AvgIpc) is 3.06. The second kappa shape index (κ2) is 8.54. The van der Waals surface area contributed by atoms with Gasteiger partial charge in [-0.15, -0.1) is 0 Å². The zero-order valence-electron chi connectivity index (χ0n) is 15.6. The number of halogens is 1. The van der Waals surface area contributed by atoms with Crippen LogP contribution in [-0.4, -0.2) is 30.1 Å². The summed E-state index contributed by atoms with van der Waals surface area (Å²) in [7, 11) is -1.40. The summed E-state index contributed by atoms with van der Waals surface area (Å²) in [5, 5.41) is 12.3. The van der Waals surface area contributed by atoms with Crippen molar-refractivity contribution in [3.63, 3.8) is 0 Å². The van der Waals surface area contributed by atoms with Gasteiger partial charge in [0.05, 0.1) is 12.2 Å². The number of esters is 1. The van der Waals surface area contributed by atoms with Gasteiger partial charge in [-0.3, -0.25) is 4.79 Å². The van der Waals surface area contributed by atoms with Crippen molar-refractivity contribution < 1.29 is 28.4 Å². The van der Waals surface area contributed by atoms with Gasteiger partial charge in [0.15, 0.2) is 0 Å². The Morgan fingerprint density at radius 2 is 1.96 bits per heavy atom. The SMILES string of the molecule is CC(C)[C@H](NC(=O)c1ccc2c(c1F)B(O)OC2)C(=O)OCc1ccccc1. The molecular weight excluding hydrogens is 364 g/mol. The molecule has 28 heavy (non-hydrogen) atoms. The molecule has 1 aliphatic heterocycles. The van der Waals surface area contributed by atoms with Crippen LogP contribution in [0, 0.1) is 11.7 Å². The molecule has 0 saturated heterocycles. The van der Waals surface area contributed by atoms with E-state index in [1.165, 1.54) is 12.1 Å². The van der Waals surface area contributed by atoms with Gasteiger partial charge in [-0.2, -0.15) is 0 Å². The molecule has 146 valence electrons. The first-order valence-electron chi connectivity index (χ1n) is 9.01. The fourth-order valence-corrected chi connectivity index (χ4v) is 2.99. The van der Waals surface area contributed by atoms with Crippen molar-refractivity contribution in [2.75, 3.05) is 0 Å². The molecule has 0 fully saturated rings. The smallest absolute Gasteiger partial charge is 0.459 e. The Bertz CT molecular complexity index is 874. The van der Waals surface area contributed by atoms with E-state index in [1.807, 2.05) is 30.3 Å². The van der Waals surface area contributed by atoms with Crippen molar-refractivity contribution >= 4 is 24.5 Å². The molecule has 1 atom stereocenters. The Labute approximate surface area is 162 Å². The maximum Gasteiger partial charge on any atom is 0.494 e. The zero-order valence-corrected chi connectivity index (χ0v) is 15.6. The summed E-state index contributed by atoms with van der Waals surface area (Å²) in [6.07, 6.45) is 0. The number of carbonyl (C=O) groups excluding carboxylic acids is 2. The summed E-state index contributed by atoms with van der Waals surface area (Å²) in [6.45, 7) is 3.67. The zero-order chi connectivity index (χ0) is 20.3. The molecule has 0 saturated carbocycles. The molecule has 2 N–H and O–H groups in total. The van der Waals surface area contributed by atoms with Crippen LogP contribution in [-0.2, 0) is 27.4 Å². The van der Waals surface area contributed by atoms with Gasteiger partial charge in [-0.25, -0.2) is 9.18 Å². The van der Waals surface area contributed by atoms with Gasteiger partial charge in [-0.1, -0.05) is 50.2 Å². The van der Waals surface area contributed by atoms with Crippen LogP contribution >= 0.6 is 0 Å². The van der Waals surface area contributed by atoms with Crippen molar-refractivity contribution in [2.45, 2.75) is 33.1 Å². The largest absolute Gasteiger partial charge is 0.494 e. The highest BCUT2D eigenvalue weighted by atomic mass is 19.1. The quantitative estimate of drug-likeness (QED) is 0.582. The third-order valence-electron chi connectivity index (χ3n) is 4.59. The second-order valence-electron chi connectivity index (χ2n) is 6.95. The molecule has 1 amide bonds. The summed E-state index contributed by atoms with van der Waals surface area (Å²) in [4.78, 5) is 25.0. The van der Waals surface area contributed by atoms with E-state index in [1.54, 1.807) is 13.8 Å². The van der Waals surface area contributed by atoms with E-state index in [4.69, 9.17) is 9.39 Å². The molecule has 1 aliphatic rings. The third-order valence-corrected chi connectivity index (χ3v) is 4.59. The molecule has 0 radical (unpaired) electrons. The monoisotopic (exact) mass is 385 g/mol. The lowest BCUT2D eigenvalue weighted by Gasteiger charge is -2.21. The van der Waals surface area contributed by atoms with Crippen LogP contribution in [0.3, 0.4) is 0 Å². The number of hydrogen-bond donors (Lipinski definition) is 2. The highest BCUT2D eigenvalue weighted by Gasteiger charge is 2.34. The Morgan fingerprint density at radius 1 is 1.25 bits per heavy atom. The first-order chi connectivity index (χ1) is 13.4. The fourth-order valence-electron chi connectivity index (χ4n) is 2.99. The lowest BCUT2D eigenvalue weighted by molar-refractivity contribution is -0.148. The van der Waals surface area contributed by atoms with Crippen LogP contribution in [0.2, 0.25) is 0 Å². The second-order valence-corrected chi connectivity index (χ2v) is 6.95. The van der Waals surface area contributed by atoms with Crippen molar-refractivity contribution in [3.05, 3.63) is 65.0 Å². The Morgan fingerprint density at radius 3 is 2.64 bits per heavy atom. The summed E-state index contributed by atoms with van der Waals surface area (Å²) < 4.78 is 25.0. The molecule has 0 unspecified atom stereocenters. The van der Waals surface area contributed by atoms with Crippen LogP contribution in [0.5, 0.6) is 0 Å². The van der Waals surface area contributed by atoms with E-state index in [0.29, 0.717) is 5.56 Å². The van der Waals surface area contributed by atoms with E-state index < -0.39 is 30.9 Å². The molecule has 0 bridgehead atoms. The molecule has 2 aromatic rings. The average molecular weight is 385 g/mol. The summed E-state index contributed by atoms with van der Waals surface area (Å²) in [6, 6.07) is 11.1. The Kier molecular flexibility index (Phi) is 6.11. The van der Waals surface area contributed by atoms with Crippen molar-refractivity contribution in [1.82, 2.24) is 5.32 Å². The van der Waals surface area contributed by atoms with Crippen molar-refractivity contribution in [3.8, 4) is 0 Å². The minimum absolute atomic E-state index is 0.0413. The maximum atomic E-state index is 14.7. The molecule has 2 aromatic carbocycles. The molecule has 3 rings (SSSR count). The number of hydrogen-bond acceptors (Lipinski definition) is 5. The number of amides is 1. The van der Waals surface area contributed by atoms with E-state index in [2.05, 4.69) is 5.32 Å². The molecule has 1 heterocycles. The van der Waals surface area contributed by atoms with Gasteiger partial charge < -0.3 is 19.7 Å². The first-order valence-corrected chi connectivity index (χ1v) is 9.01. The van der Waals surface area contributed by atoms with Gasteiger partial charge in [-0.05, 0) is 23.1 Å². The molecule has 0 spiro atoms.